The lowest BCUT2D eigenvalue weighted by Crippen LogP contribution is -2.37. The van der Waals surface area contributed by atoms with E-state index in [0.29, 0.717) is 5.92 Å². The van der Waals surface area contributed by atoms with Crippen LogP contribution in [0.25, 0.3) is 22.4 Å². The van der Waals surface area contributed by atoms with Crippen molar-refractivity contribution in [1.29, 1.82) is 0 Å². The number of fused-ring (bicyclic) bond motifs is 1. The summed E-state index contributed by atoms with van der Waals surface area (Å²) in [5, 5.41) is 3.25. The number of H-pyrrole nitrogens is 1. The van der Waals surface area contributed by atoms with Crippen LogP contribution in [0.5, 0.6) is 5.75 Å². The van der Waals surface area contributed by atoms with Crippen LogP contribution in [-0.4, -0.2) is 69.3 Å². The van der Waals surface area contributed by atoms with Gasteiger partial charge in [-0.1, -0.05) is 6.07 Å². The van der Waals surface area contributed by atoms with Crippen LogP contribution in [0.2, 0.25) is 0 Å². The van der Waals surface area contributed by atoms with E-state index in [1.54, 1.807) is 7.11 Å². The first-order valence-electron chi connectivity index (χ1n) is 11.2. The lowest BCUT2D eigenvalue weighted by Gasteiger charge is -2.32. The Morgan fingerprint density at radius 3 is 2.65 bits per heavy atom. The van der Waals surface area contributed by atoms with Gasteiger partial charge in [-0.3, -0.25) is 0 Å². The molecule has 2 N–H and O–H groups in total. The fourth-order valence-corrected chi connectivity index (χ4v) is 4.60. The highest BCUT2D eigenvalue weighted by atomic mass is 16.5. The number of ether oxygens (including phenoxy) is 1. The number of likely N-dealkylation sites (N-methyl/N-ethyl adjacent to an activating group) is 1. The number of aryl methyl sites for hydroxylation is 1. The average molecular weight is 422 g/mol. The molecule has 0 aliphatic carbocycles. The Kier molecular flexibility index (Phi) is 6.49. The first kappa shape index (κ1) is 21.7. The summed E-state index contributed by atoms with van der Waals surface area (Å²) in [7, 11) is 7.81. The highest BCUT2D eigenvalue weighted by molar-refractivity contribution is 5.84. The molecule has 0 bridgehead atoms. The van der Waals surface area contributed by atoms with Crippen molar-refractivity contribution in [3.05, 3.63) is 41.5 Å². The van der Waals surface area contributed by atoms with Gasteiger partial charge in [-0.15, -0.1) is 0 Å². The van der Waals surface area contributed by atoms with Gasteiger partial charge in [0, 0.05) is 38.9 Å². The number of benzene rings is 2. The minimum absolute atomic E-state index is 0.620. The van der Waals surface area contributed by atoms with E-state index in [4.69, 9.17) is 9.72 Å². The van der Waals surface area contributed by atoms with Crippen LogP contribution in [0.4, 0.5) is 5.69 Å². The van der Waals surface area contributed by atoms with Crippen LogP contribution in [0.15, 0.2) is 30.3 Å². The summed E-state index contributed by atoms with van der Waals surface area (Å²) < 4.78 is 5.68. The molecule has 1 aliphatic rings. The monoisotopic (exact) mass is 421 g/mol. The zero-order chi connectivity index (χ0) is 22.0. The third-order valence-corrected chi connectivity index (χ3v) is 6.49. The number of aromatic nitrogens is 2. The zero-order valence-corrected chi connectivity index (χ0v) is 19.5. The molecule has 2 heterocycles. The molecule has 3 aromatic rings. The van der Waals surface area contributed by atoms with Gasteiger partial charge >= 0.3 is 0 Å². The summed E-state index contributed by atoms with van der Waals surface area (Å²) in [6.45, 7) is 6.72. The quantitative estimate of drug-likeness (QED) is 0.604. The molecule has 0 unspecified atom stereocenters. The van der Waals surface area contributed by atoms with Crippen LogP contribution in [-0.2, 0) is 0 Å². The van der Waals surface area contributed by atoms with Crippen molar-refractivity contribution in [2.24, 2.45) is 0 Å². The number of piperidine rings is 1. The number of likely N-dealkylation sites (tertiary alicyclic amines) is 1. The fourth-order valence-electron chi connectivity index (χ4n) is 4.60. The lowest BCUT2D eigenvalue weighted by molar-refractivity contribution is 0.214. The lowest BCUT2D eigenvalue weighted by atomic mass is 9.88. The van der Waals surface area contributed by atoms with Crippen LogP contribution in [0.3, 0.4) is 0 Å². The molecule has 0 atom stereocenters. The second-order valence-electron chi connectivity index (χ2n) is 8.82. The average Bonchev–Trinajstić information content (AvgIpc) is 3.22. The predicted molar refractivity (Wildman–Crippen MR) is 129 cm³/mol. The number of nitrogens with one attached hydrogen (secondary N) is 2. The van der Waals surface area contributed by atoms with E-state index in [9.17, 15) is 0 Å². The molecular formula is C25H35N5O. The van der Waals surface area contributed by atoms with Gasteiger partial charge in [-0.05, 0) is 75.1 Å². The fraction of sp³-hybridized carbons (Fsp3) is 0.480. The SMILES string of the molecule is CNCCN1CCC(c2cc(C)c3nc(-c4ccc(N(C)C)cc4OC)[nH]c3c2)CC1. The number of anilines is 1. The number of aromatic amines is 1. The molecule has 1 aromatic heterocycles. The molecule has 166 valence electrons. The molecule has 4 rings (SSSR count). The molecule has 6 nitrogen and oxygen atoms in total. The number of hydrogen-bond acceptors (Lipinski definition) is 5. The molecule has 1 fully saturated rings. The minimum Gasteiger partial charge on any atom is -0.496 e. The van der Waals surface area contributed by atoms with Crippen molar-refractivity contribution >= 4 is 16.7 Å². The summed E-state index contributed by atoms with van der Waals surface area (Å²) in [6.07, 6.45) is 2.44. The van der Waals surface area contributed by atoms with Crippen LogP contribution in [0, 0.1) is 6.92 Å². The van der Waals surface area contributed by atoms with E-state index in [1.165, 1.54) is 37.1 Å². The molecular weight excluding hydrogens is 386 g/mol. The summed E-state index contributed by atoms with van der Waals surface area (Å²) in [6, 6.07) is 10.9. The topological polar surface area (TPSA) is 56.4 Å². The molecule has 0 spiro atoms. The van der Waals surface area contributed by atoms with Crippen LogP contribution >= 0.6 is 0 Å². The van der Waals surface area contributed by atoms with Gasteiger partial charge in [-0.2, -0.15) is 0 Å². The van der Waals surface area contributed by atoms with Crippen molar-refractivity contribution in [2.45, 2.75) is 25.7 Å². The normalized spacial score (nSPS) is 15.5. The standard InChI is InChI=1S/C25H35N5O/c1-17-14-19(18-8-11-30(12-9-18)13-10-26-2)15-22-24(17)28-25(27-22)21-7-6-20(29(3)4)16-23(21)31-5/h6-7,14-16,18,26H,8-13H2,1-5H3,(H,27,28). The second-order valence-corrected chi connectivity index (χ2v) is 8.82. The molecule has 1 saturated heterocycles. The maximum atomic E-state index is 5.68. The van der Waals surface area contributed by atoms with Gasteiger partial charge in [-0.25, -0.2) is 4.98 Å². The van der Waals surface area contributed by atoms with Gasteiger partial charge in [0.25, 0.3) is 0 Å². The van der Waals surface area contributed by atoms with E-state index >= 15 is 0 Å². The van der Waals surface area contributed by atoms with E-state index in [2.05, 4.69) is 57.4 Å². The molecule has 1 aliphatic heterocycles. The van der Waals surface area contributed by atoms with Gasteiger partial charge in [0.1, 0.15) is 11.6 Å². The van der Waals surface area contributed by atoms with Crippen molar-refractivity contribution in [2.75, 3.05) is 59.3 Å². The van der Waals surface area contributed by atoms with Gasteiger partial charge < -0.3 is 24.8 Å². The summed E-state index contributed by atoms with van der Waals surface area (Å²) in [4.78, 5) is 13.1. The Bertz CT molecular complexity index is 1030. The summed E-state index contributed by atoms with van der Waals surface area (Å²) in [5.74, 6) is 2.31. The van der Waals surface area contributed by atoms with Crippen molar-refractivity contribution in [1.82, 2.24) is 20.2 Å². The molecule has 0 saturated carbocycles. The number of nitrogens with zero attached hydrogens (tertiary/aromatic N) is 3. The van der Waals surface area contributed by atoms with Crippen LogP contribution in [0.1, 0.15) is 29.9 Å². The first-order chi connectivity index (χ1) is 15.0. The highest BCUT2D eigenvalue weighted by Crippen LogP contribution is 2.35. The maximum absolute atomic E-state index is 5.68. The third kappa shape index (κ3) is 4.55. The molecule has 2 aromatic carbocycles. The Balaban J connectivity index is 1.60. The van der Waals surface area contributed by atoms with Gasteiger partial charge in [0.05, 0.1) is 23.7 Å². The summed E-state index contributed by atoms with van der Waals surface area (Å²) >= 11 is 0. The van der Waals surface area contributed by atoms with Gasteiger partial charge in [0.2, 0.25) is 0 Å². The molecule has 0 amide bonds. The number of rotatable bonds is 7. The molecule has 6 heteroatoms. The van der Waals surface area contributed by atoms with Crippen molar-refractivity contribution < 1.29 is 4.74 Å². The van der Waals surface area contributed by atoms with E-state index in [1.807, 2.05) is 21.1 Å². The van der Waals surface area contributed by atoms with Crippen LogP contribution < -0.4 is 15.0 Å². The summed E-state index contributed by atoms with van der Waals surface area (Å²) in [5.41, 5.74) is 6.92. The third-order valence-electron chi connectivity index (χ3n) is 6.49. The molecule has 0 radical (unpaired) electrons. The molecule has 31 heavy (non-hydrogen) atoms. The van der Waals surface area contributed by atoms with E-state index < -0.39 is 0 Å². The minimum atomic E-state index is 0.620. The highest BCUT2D eigenvalue weighted by Gasteiger charge is 2.22. The Morgan fingerprint density at radius 2 is 1.97 bits per heavy atom. The largest absolute Gasteiger partial charge is 0.496 e. The Morgan fingerprint density at radius 1 is 1.19 bits per heavy atom. The van der Waals surface area contributed by atoms with Crippen molar-refractivity contribution in [3.63, 3.8) is 0 Å². The van der Waals surface area contributed by atoms with Crippen molar-refractivity contribution in [3.8, 4) is 17.1 Å². The predicted octanol–water partition coefficient (Wildman–Crippen LogP) is 4.01. The van der Waals surface area contributed by atoms with E-state index in [-0.39, 0.29) is 0 Å². The smallest absolute Gasteiger partial charge is 0.142 e. The number of imidazole rings is 1. The first-order valence-corrected chi connectivity index (χ1v) is 11.2. The Labute approximate surface area is 185 Å². The number of methoxy groups -OCH3 is 1. The number of hydrogen-bond donors (Lipinski definition) is 2. The zero-order valence-electron chi connectivity index (χ0n) is 19.5. The van der Waals surface area contributed by atoms with Gasteiger partial charge in [0.15, 0.2) is 0 Å². The maximum Gasteiger partial charge on any atom is 0.142 e. The second kappa shape index (κ2) is 9.28. The Hall–Kier alpha value is -2.57. The van der Waals surface area contributed by atoms with E-state index in [0.717, 1.165) is 46.9 Å².